The first kappa shape index (κ1) is 13.3. The molecule has 1 fully saturated rings. The lowest BCUT2D eigenvalue weighted by molar-refractivity contribution is 0.137. The van der Waals surface area contributed by atoms with Crippen molar-refractivity contribution in [2.45, 2.75) is 50.4 Å². The van der Waals surface area contributed by atoms with E-state index in [0.29, 0.717) is 0 Å². The van der Waals surface area contributed by atoms with Crippen LogP contribution in [0.4, 0.5) is 0 Å². The maximum atomic E-state index is 3.40. The van der Waals surface area contributed by atoms with Crippen LogP contribution in [-0.4, -0.2) is 48.6 Å². The van der Waals surface area contributed by atoms with E-state index in [1.165, 1.54) is 32.4 Å². The van der Waals surface area contributed by atoms with Crippen LogP contribution in [0.2, 0.25) is 0 Å². The van der Waals surface area contributed by atoms with E-state index >= 15 is 0 Å². The Morgan fingerprint density at radius 2 is 2.27 bits per heavy atom. The highest BCUT2D eigenvalue weighted by molar-refractivity contribution is 7.99. The van der Waals surface area contributed by atoms with Crippen LogP contribution in [0.5, 0.6) is 0 Å². The highest BCUT2D eigenvalue weighted by atomic mass is 32.2. The maximum absolute atomic E-state index is 3.40. The second-order valence-electron chi connectivity index (χ2n) is 4.73. The van der Waals surface area contributed by atoms with Crippen LogP contribution in [0.1, 0.15) is 33.1 Å². The Hall–Kier alpha value is 0.270. The normalized spacial score (nSPS) is 30.4. The fourth-order valence-corrected chi connectivity index (χ4v) is 2.62. The molecular formula is C12H26N2S. The summed E-state index contributed by atoms with van der Waals surface area (Å²) < 4.78 is 0. The molecule has 0 aromatic heterocycles. The highest BCUT2D eigenvalue weighted by Crippen LogP contribution is 2.19. The Labute approximate surface area is 99.2 Å². The van der Waals surface area contributed by atoms with Crippen LogP contribution in [0.25, 0.3) is 0 Å². The molecule has 2 nitrogen and oxygen atoms in total. The molecule has 0 aromatic rings. The molecular weight excluding hydrogens is 204 g/mol. The zero-order valence-electron chi connectivity index (χ0n) is 10.6. The first-order valence-electron chi connectivity index (χ1n) is 6.11. The van der Waals surface area contributed by atoms with Gasteiger partial charge in [-0.05, 0) is 52.6 Å². The van der Waals surface area contributed by atoms with Crippen LogP contribution in [0, 0.1) is 0 Å². The lowest BCUT2D eigenvalue weighted by Gasteiger charge is -2.38. The first-order chi connectivity index (χ1) is 7.17. The summed E-state index contributed by atoms with van der Waals surface area (Å²) >= 11 is 1.98. The van der Waals surface area contributed by atoms with Gasteiger partial charge in [-0.2, -0.15) is 11.8 Å². The van der Waals surface area contributed by atoms with Crippen molar-refractivity contribution in [2.24, 2.45) is 0 Å². The Balaban J connectivity index is 2.25. The number of hydrogen-bond donors (Lipinski definition) is 1. The van der Waals surface area contributed by atoms with E-state index in [4.69, 9.17) is 0 Å². The molecule has 0 saturated carbocycles. The van der Waals surface area contributed by atoms with Gasteiger partial charge in [-0.1, -0.05) is 6.92 Å². The largest absolute Gasteiger partial charge is 0.317 e. The molecule has 1 heterocycles. The van der Waals surface area contributed by atoms with Crippen molar-refractivity contribution in [1.29, 1.82) is 0 Å². The van der Waals surface area contributed by atoms with Gasteiger partial charge < -0.3 is 10.2 Å². The van der Waals surface area contributed by atoms with Crippen molar-refractivity contribution in [3.8, 4) is 0 Å². The van der Waals surface area contributed by atoms with Crippen molar-refractivity contribution in [1.82, 2.24) is 10.2 Å². The molecule has 1 rings (SSSR count). The monoisotopic (exact) mass is 230 g/mol. The fourth-order valence-electron chi connectivity index (χ4n) is 2.28. The number of likely N-dealkylation sites (tertiary alicyclic amines) is 1. The molecule has 15 heavy (non-hydrogen) atoms. The van der Waals surface area contributed by atoms with Gasteiger partial charge in [0.2, 0.25) is 0 Å². The SMILES string of the molecule is CNC1CCN(CCC(C)SC)C(C)C1. The van der Waals surface area contributed by atoms with Crippen molar-refractivity contribution in [3.05, 3.63) is 0 Å². The minimum atomic E-state index is 0.745. The molecule has 0 bridgehead atoms. The van der Waals surface area contributed by atoms with Gasteiger partial charge in [0, 0.05) is 17.3 Å². The van der Waals surface area contributed by atoms with Gasteiger partial charge in [-0.15, -0.1) is 0 Å². The zero-order valence-corrected chi connectivity index (χ0v) is 11.4. The van der Waals surface area contributed by atoms with E-state index in [9.17, 15) is 0 Å². The molecule has 1 N–H and O–H groups in total. The lowest BCUT2D eigenvalue weighted by atomic mass is 9.98. The van der Waals surface area contributed by atoms with Gasteiger partial charge in [-0.3, -0.25) is 0 Å². The minimum Gasteiger partial charge on any atom is -0.317 e. The number of piperidine rings is 1. The summed E-state index contributed by atoms with van der Waals surface area (Å²) in [4.78, 5) is 2.65. The molecule has 90 valence electrons. The summed E-state index contributed by atoms with van der Waals surface area (Å²) in [6.07, 6.45) is 6.16. The Morgan fingerprint density at radius 1 is 1.53 bits per heavy atom. The van der Waals surface area contributed by atoms with Crippen LogP contribution in [-0.2, 0) is 0 Å². The van der Waals surface area contributed by atoms with Gasteiger partial charge in [0.1, 0.15) is 0 Å². The van der Waals surface area contributed by atoms with Crippen LogP contribution in [0.15, 0.2) is 0 Å². The summed E-state index contributed by atoms with van der Waals surface area (Å²) in [6.45, 7) is 7.25. The molecule has 1 aliphatic heterocycles. The predicted molar refractivity (Wildman–Crippen MR) is 70.7 cm³/mol. The Kier molecular flexibility index (Phi) is 6.02. The Morgan fingerprint density at radius 3 is 2.80 bits per heavy atom. The lowest BCUT2D eigenvalue weighted by Crippen LogP contribution is -2.47. The topological polar surface area (TPSA) is 15.3 Å². The molecule has 0 aliphatic carbocycles. The summed E-state index contributed by atoms with van der Waals surface area (Å²) in [5, 5.41) is 4.20. The van der Waals surface area contributed by atoms with E-state index in [-0.39, 0.29) is 0 Å². The molecule has 0 radical (unpaired) electrons. The van der Waals surface area contributed by atoms with E-state index < -0.39 is 0 Å². The molecule has 0 spiro atoms. The zero-order chi connectivity index (χ0) is 11.3. The Bertz CT molecular complexity index is 175. The van der Waals surface area contributed by atoms with Gasteiger partial charge in [0.15, 0.2) is 0 Å². The number of hydrogen-bond acceptors (Lipinski definition) is 3. The van der Waals surface area contributed by atoms with Gasteiger partial charge in [0.05, 0.1) is 0 Å². The summed E-state index contributed by atoms with van der Waals surface area (Å²) in [7, 11) is 2.09. The average Bonchev–Trinajstić information content (AvgIpc) is 2.26. The average molecular weight is 230 g/mol. The fraction of sp³-hybridized carbons (Fsp3) is 1.00. The number of nitrogens with zero attached hydrogens (tertiary/aromatic N) is 1. The molecule has 1 aliphatic rings. The third-order valence-corrected chi connectivity index (χ3v) is 4.69. The summed E-state index contributed by atoms with van der Waals surface area (Å²) in [6, 6.07) is 1.50. The summed E-state index contributed by atoms with van der Waals surface area (Å²) in [5.41, 5.74) is 0. The van der Waals surface area contributed by atoms with Crippen molar-refractivity contribution >= 4 is 11.8 Å². The van der Waals surface area contributed by atoms with Gasteiger partial charge in [0.25, 0.3) is 0 Å². The van der Waals surface area contributed by atoms with Crippen LogP contribution in [0.3, 0.4) is 0 Å². The number of nitrogens with one attached hydrogen (secondary N) is 1. The number of rotatable bonds is 5. The van der Waals surface area contributed by atoms with Gasteiger partial charge >= 0.3 is 0 Å². The van der Waals surface area contributed by atoms with E-state index in [1.54, 1.807) is 0 Å². The van der Waals surface area contributed by atoms with Crippen LogP contribution >= 0.6 is 11.8 Å². The molecule has 0 amide bonds. The standard InChI is InChI=1S/C12H26N2S/c1-10-9-12(13-3)6-8-14(10)7-5-11(2)15-4/h10-13H,5-9H2,1-4H3. The van der Waals surface area contributed by atoms with Crippen molar-refractivity contribution in [2.75, 3.05) is 26.4 Å². The molecule has 3 unspecified atom stereocenters. The minimum absolute atomic E-state index is 0.745. The molecule has 3 atom stereocenters. The quantitative estimate of drug-likeness (QED) is 0.779. The third kappa shape index (κ3) is 4.33. The third-order valence-electron chi connectivity index (χ3n) is 3.65. The maximum Gasteiger partial charge on any atom is 0.00910 e. The molecule has 1 saturated heterocycles. The number of thioether (sulfide) groups is 1. The smallest absolute Gasteiger partial charge is 0.00910 e. The van der Waals surface area contributed by atoms with E-state index in [1.807, 2.05) is 11.8 Å². The molecule has 3 heteroatoms. The van der Waals surface area contributed by atoms with E-state index in [2.05, 4.69) is 37.4 Å². The highest BCUT2D eigenvalue weighted by Gasteiger charge is 2.23. The summed E-state index contributed by atoms with van der Waals surface area (Å²) in [5.74, 6) is 0. The van der Waals surface area contributed by atoms with Crippen molar-refractivity contribution < 1.29 is 0 Å². The molecule has 0 aromatic carbocycles. The first-order valence-corrected chi connectivity index (χ1v) is 7.40. The predicted octanol–water partition coefficient (Wildman–Crippen LogP) is 2.20. The second-order valence-corrected chi connectivity index (χ2v) is 6.01. The van der Waals surface area contributed by atoms with Crippen molar-refractivity contribution in [3.63, 3.8) is 0 Å². The van der Waals surface area contributed by atoms with Crippen LogP contribution < -0.4 is 5.32 Å². The second kappa shape index (κ2) is 6.77. The van der Waals surface area contributed by atoms with E-state index in [0.717, 1.165) is 17.3 Å². The van der Waals surface area contributed by atoms with Gasteiger partial charge in [-0.25, -0.2) is 0 Å².